The number of halogens is 3. The zero-order valence-corrected chi connectivity index (χ0v) is 24.1. The molecule has 4 rings (SSSR count). The average molecular weight is 620 g/mol. The molecule has 2 heterocycles. The quantitative estimate of drug-likeness (QED) is 0.219. The van der Waals surface area contributed by atoms with E-state index in [-0.39, 0.29) is 11.7 Å². The van der Waals surface area contributed by atoms with Crippen LogP contribution in [-0.4, -0.2) is 47.8 Å². The van der Waals surface area contributed by atoms with E-state index >= 15 is 0 Å². The van der Waals surface area contributed by atoms with Crippen LogP contribution in [0, 0.1) is 11.7 Å². The molecule has 9 nitrogen and oxygen atoms in total. The maximum atomic E-state index is 14.3. The first-order valence-electron chi connectivity index (χ1n) is 12.4. The first kappa shape index (κ1) is 30.8. The van der Waals surface area contributed by atoms with Crippen molar-refractivity contribution < 1.29 is 27.9 Å². The molecule has 0 radical (unpaired) electrons. The van der Waals surface area contributed by atoms with Gasteiger partial charge in [0.1, 0.15) is 18.0 Å². The standard InChI is InChI=1S/C22H23BrFN5O4.C6H9F/c1-31-19-9-15-18(26-12-27-21(15)28-17-3-2-14(23)8-16(17)24)10-20(19)32-11-13-4-6-29(7-5-13)22(30)33-25;1-5(2)4-6(3)7/h2-3,8-10,12-13H,4-7,11,25H2,1H3,(H,26,27,28);4H,1H2,2-3H3/b;6-4+. The number of likely N-dealkylation sites (tertiary alicyclic amines) is 1. The number of allylic oxidation sites excluding steroid dienone is 3. The molecule has 0 unspecified atom stereocenters. The van der Waals surface area contributed by atoms with Crippen molar-refractivity contribution in [1.29, 1.82) is 0 Å². The highest BCUT2D eigenvalue weighted by molar-refractivity contribution is 9.10. The second-order valence-electron chi connectivity index (χ2n) is 9.19. The third-order valence-corrected chi connectivity index (χ3v) is 6.49. The van der Waals surface area contributed by atoms with E-state index in [9.17, 15) is 13.6 Å². The lowest BCUT2D eigenvalue weighted by Gasteiger charge is -2.30. The van der Waals surface area contributed by atoms with Crippen molar-refractivity contribution in [3.05, 3.63) is 71.0 Å². The summed E-state index contributed by atoms with van der Waals surface area (Å²) in [5, 5.41) is 3.68. The van der Waals surface area contributed by atoms with Gasteiger partial charge in [-0.15, -0.1) is 0 Å². The van der Waals surface area contributed by atoms with Crippen LogP contribution in [0.3, 0.4) is 0 Å². The highest BCUT2D eigenvalue weighted by atomic mass is 79.9. The topological polar surface area (TPSA) is 112 Å². The Hall–Kier alpha value is -3.77. The number of carbonyl (C=O) groups excluding carboxylic acids is 1. The Bertz CT molecular complexity index is 1380. The number of rotatable bonds is 7. The van der Waals surface area contributed by atoms with Crippen molar-refractivity contribution in [2.75, 3.05) is 32.1 Å². The maximum Gasteiger partial charge on any atom is 0.428 e. The van der Waals surface area contributed by atoms with Crippen molar-refractivity contribution in [3.63, 3.8) is 0 Å². The molecule has 1 saturated heterocycles. The van der Waals surface area contributed by atoms with E-state index in [1.165, 1.54) is 25.4 Å². The second kappa shape index (κ2) is 14.6. The molecule has 1 fully saturated rings. The molecule has 1 aliphatic heterocycles. The number of hydrogen-bond donors (Lipinski definition) is 2. The number of carbonyl (C=O) groups is 1. The lowest BCUT2D eigenvalue weighted by Crippen LogP contribution is -2.40. The van der Waals surface area contributed by atoms with E-state index < -0.39 is 11.9 Å². The zero-order valence-electron chi connectivity index (χ0n) is 22.5. The summed E-state index contributed by atoms with van der Waals surface area (Å²) >= 11 is 3.25. The number of ether oxygens (including phenoxy) is 2. The molecule has 0 aliphatic carbocycles. The van der Waals surface area contributed by atoms with Crippen LogP contribution < -0.4 is 20.7 Å². The number of piperidine rings is 1. The number of fused-ring (bicyclic) bond motifs is 1. The molecule has 0 spiro atoms. The van der Waals surface area contributed by atoms with Gasteiger partial charge in [0.05, 0.1) is 30.7 Å². The summed E-state index contributed by atoms with van der Waals surface area (Å²) in [5.74, 6) is 6.14. The van der Waals surface area contributed by atoms with Gasteiger partial charge in [0.2, 0.25) is 0 Å². The number of hydrogen-bond acceptors (Lipinski definition) is 8. The fourth-order valence-corrected chi connectivity index (χ4v) is 4.39. The van der Waals surface area contributed by atoms with Crippen LogP contribution in [0.25, 0.3) is 10.9 Å². The largest absolute Gasteiger partial charge is 0.493 e. The normalized spacial score (nSPS) is 13.8. The van der Waals surface area contributed by atoms with Gasteiger partial charge in [-0.3, -0.25) is 0 Å². The Labute approximate surface area is 240 Å². The molecule has 1 amide bonds. The molecule has 0 atom stereocenters. The lowest BCUT2D eigenvalue weighted by molar-refractivity contribution is 0.0809. The van der Waals surface area contributed by atoms with Crippen LogP contribution in [0.15, 0.2) is 65.2 Å². The summed E-state index contributed by atoms with van der Waals surface area (Å²) in [5.41, 5.74) is 1.67. The van der Waals surface area contributed by atoms with Gasteiger partial charge in [0.15, 0.2) is 11.5 Å². The predicted molar refractivity (Wildman–Crippen MR) is 154 cm³/mol. The number of anilines is 2. The molecule has 214 valence electrons. The van der Waals surface area contributed by atoms with E-state index in [0.29, 0.717) is 58.1 Å². The number of nitrogens with zero attached hydrogens (tertiary/aromatic N) is 3. The Morgan fingerprint density at radius 3 is 2.52 bits per heavy atom. The Morgan fingerprint density at radius 2 is 1.95 bits per heavy atom. The van der Waals surface area contributed by atoms with Crippen molar-refractivity contribution in [2.24, 2.45) is 11.8 Å². The molecule has 1 aromatic heterocycles. The fourth-order valence-electron chi connectivity index (χ4n) is 4.06. The molecule has 2 aromatic carbocycles. The van der Waals surface area contributed by atoms with Crippen LogP contribution in [0.4, 0.5) is 25.1 Å². The van der Waals surface area contributed by atoms with Gasteiger partial charge >= 0.3 is 6.09 Å². The number of benzene rings is 2. The Kier molecular flexibility index (Phi) is 11.2. The summed E-state index contributed by atoms with van der Waals surface area (Å²) < 4.78 is 38.3. The summed E-state index contributed by atoms with van der Waals surface area (Å²) in [4.78, 5) is 26.0. The maximum absolute atomic E-state index is 14.3. The molecule has 40 heavy (non-hydrogen) atoms. The van der Waals surface area contributed by atoms with Crippen LogP contribution >= 0.6 is 15.9 Å². The number of aromatic nitrogens is 2. The van der Waals surface area contributed by atoms with E-state index in [2.05, 4.69) is 42.6 Å². The summed E-state index contributed by atoms with van der Waals surface area (Å²) in [6, 6.07) is 8.29. The smallest absolute Gasteiger partial charge is 0.428 e. The van der Waals surface area contributed by atoms with Crippen molar-refractivity contribution >= 4 is 44.4 Å². The van der Waals surface area contributed by atoms with E-state index in [0.717, 1.165) is 18.4 Å². The minimum atomic E-state index is -0.516. The number of methoxy groups -OCH3 is 1. The Balaban J connectivity index is 0.000000559. The summed E-state index contributed by atoms with van der Waals surface area (Å²) in [6.07, 6.45) is 3.84. The Morgan fingerprint density at radius 1 is 1.23 bits per heavy atom. The van der Waals surface area contributed by atoms with Crippen molar-refractivity contribution in [2.45, 2.75) is 26.7 Å². The molecule has 0 bridgehead atoms. The third-order valence-electron chi connectivity index (χ3n) is 6.00. The minimum absolute atomic E-state index is 0.187. The van der Waals surface area contributed by atoms with Crippen LogP contribution in [0.1, 0.15) is 26.7 Å². The molecule has 1 aliphatic rings. The van der Waals surface area contributed by atoms with Crippen molar-refractivity contribution in [1.82, 2.24) is 14.9 Å². The monoisotopic (exact) mass is 619 g/mol. The molecular weight excluding hydrogens is 588 g/mol. The van der Waals surface area contributed by atoms with Crippen LogP contribution in [0.2, 0.25) is 0 Å². The summed E-state index contributed by atoms with van der Waals surface area (Å²) in [7, 11) is 1.55. The number of amides is 1. The first-order chi connectivity index (χ1) is 19.1. The van der Waals surface area contributed by atoms with Gasteiger partial charge in [0.25, 0.3) is 0 Å². The van der Waals surface area contributed by atoms with Gasteiger partial charge in [0, 0.05) is 29.0 Å². The van der Waals surface area contributed by atoms with Crippen LogP contribution in [0.5, 0.6) is 11.5 Å². The van der Waals surface area contributed by atoms with Gasteiger partial charge in [-0.2, -0.15) is 5.90 Å². The summed E-state index contributed by atoms with van der Waals surface area (Å²) in [6.45, 7) is 8.22. The molecule has 0 saturated carbocycles. The van der Waals surface area contributed by atoms with Gasteiger partial charge in [-0.1, -0.05) is 28.1 Å². The minimum Gasteiger partial charge on any atom is -0.493 e. The highest BCUT2D eigenvalue weighted by Crippen LogP contribution is 2.36. The van der Waals surface area contributed by atoms with Crippen LogP contribution in [-0.2, 0) is 4.84 Å². The SMILES string of the molecule is C=C(C)/C=C(\C)F.COc1cc2c(Nc3ccc(Br)cc3F)ncnc2cc1OCC1CCN(C(=O)ON)CC1. The molecule has 3 N–H and O–H groups in total. The third kappa shape index (κ3) is 8.62. The van der Waals surface area contributed by atoms with E-state index in [1.807, 2.05) is 0 Å². The number of nitrogens with two attached hydrogens (primary N) is 1. The van der Waals surface area contributed by atoms with Crippen molar-refractivity contribution in [3.8, 4) is 11.5 Å². The second-order valence-corrected chi connectivity index (χ2v) is 10.1. The highest BCUT2D eigenvalue weighted by Gasteiger charge is 2.24. The van der Waals surface area contributed by atoms with Gasteiger partial charge in [-0.25, -0.2) is 23.5 Å². The van der Waals surface area contributed by atoms with E-state index in [4.69, 9.17) is 15.4 Å². The molecular formula is C28H32BrF2N5O4. The fraction of sp³-hybridized carbons (Fsp3) is 0.321. The molecule has 3 aromatic rings. The predicted octanol–water partition coefficient (Wildman–Crippen LogP) is 6.82. The lowest BCUT2D eigenvalue weighted by atomic mass is 9.98. The average Bonchev–Trinajstić information content (AvgIpc) is 2.92. The molecule has 12 heteroatoms. The number of nitrogens with one attached hydrogen (secondary N) is 1. The van der Waals surface area contributed by atoms with E-state index in [1.54, 1.807) is 43.2 Å². The first-order valence-corrected chi connectivity index (χ1v) is 13.2. The van der Waals surface area contributed by atoms with Gasteiger partial charge < -0.3 is 24.5 Å². The van der Waals surface area contributed by atoms with Gasteiger partial charge in [-0.05, 0) is 62.9 Å². The zero-order chi connectivity index (χ0) is 29.2.